The smallest absolute Gasteiger partial charge is 0.217 e. The van der Waals surface area contributed by atoms with Crippen molar-refractivity contribution in [1.29, 1.82) is 0 Å². The van der Waals surface area contributed by atoms with Crippen molar-refractivity contribution in [2.75, 3.05) is 33.0 Å². The van der Waals surface area contributed by atoms with Crippen molar-refractivity contribution in [2.45, 2.75) is 267 Å². The molecule has 0 aromatic rings. The van der Waals surface area contributed by atoms with Crippen molar-refractivity contribution < 1.29 is 128 Å². The number of ether oxygens (including phenoxy) is 10. The Kier molecular flexibility index (Phi) is 22.7. The Hall–Kier alpha value is -3.09. The molecular weight excluding hydrogens is 1190 g/mol. The molecule has 6 fully saturated rings. The average Bonchev–Trinajstić information content (AvgIpc) is 1.19. The first-order valence-electron chi connectivity index (χ1n) is 31.7. The van der Waals surface area contributed by atoms with Crippen LogP contribution in [0.4, 0.5) is 0 Å². The van der Waals surface area contributed by atoms with Crippen molar-refractivity contribution in [3.63, 3.8) is 0 Å². The van der Waals surface area contributed by atoms with E-state index in [1.165, 1.54) is 16.7 Å². The molecule has 2 amide bonds. The number of hydrogen-bond acceptors (Lipinski definition) is 26. The molecule has 0 aromatic heterocycles. The van der Waals surface area contributed by atoms with Crippen LogP contribution in [0.15, 0.2) is 34.4 Å². The Morgan fingerprint density at radius 3 is 1.73 bits per heavy atom. The molecule has 4 aliphatic carbocycles. The first-order chi connectivity index (χ1) is 42.4. The molecule has 5 saturated heterocycles. The molecule has 9 rings (SSSR count). The number of aliphatic hydroxyl groups is 13. The van der Waals surface area contributed by atoms with Gasteiger partial charge >= 0.3 is 0 Å². The Balaban J connectivity index is 0.986. The topological polar surface area (TPSA) is 431 Å². The second-order valence-corrected chi connectivity index (χ2v) is 27.7. The predicted octanol–water partition coefficient (Wildman–Crippen LogP) is -2.76. The summed E-state index contributed by atoms with van der Waals surface area (Å²) in [6.45, 7) is 13.6. The molecular formula is C62H98N2O26. The highest BCUT2D eigenvalue weighted by atomic mass is 16.8. The number of ketones is 1. The van der Waals surface area contributed by atoms with Crippen molar-refractivity contribution in [1.82, 2.24) is 10.6 Å². The number of amides is 2. The zero-order valence-corrected chi connectivity index (χ0v) is 52.6. The van der Waals surface area contributed by atoms with Crippen LogP contribution in [0.25, 0.3) is 0 Å². The van der Waals surface area contributed by atoms with Crippen molar-refractivity contribution in [3.8, 4) is 0 Å². The molecule has 512 valence electrons. The fraction of sp³-hybridized carbons (Fsp3) is 0.855. The van der Waals surface area contributed by atoms with E-state index >= 15 is 0 Å². The number of carbonyl (C=O) groups excluding carboxylic acids is 3. The monoisotopic (exact) mass is 1290 g/mol. The number of aliphatic hydroxyl groups excluding tert-OH is 13. The van der Waals surface area contributed by atoms with Gasteiger partial charge in [0.15, 0.2) is 37.2 Å². The second-order valence-electron chi connectivity index (χ2n) is 27.7. The minimum atomic E-state index is -1.99. The van der Waals surface area contributed by atoms with E-state index in [9.17, 15) is 80.8 Å². The molecule has 1 saturated carbocycles. The predicted molar refractivity (Wildman–Crippen MR) is 309 cm³/mol. The largest absolute Gasteiger partial charge is 0.394 e. The fourth-order valence-corrected chi connectivity index (χ4v) is 16.3. The molecule has 5 heterocycles. The third-order valence-corrected chi connectivity index (χ3v) is 21.1. The summed E-state index contributed by atoms with van der Waals surface area (Å²) in [7, 11) is 0. The lowest BCUT2D eigenvalue weighted by Crippen LogP contribution is -2.68. The van der Waals surface area contributed by atoms with Crippen LogP contribution in [0.1, 0.15) is 114 Å². The molecule has 0 aromatic carbocycles. The molecule has 28 nitrogen and oxygen atoms in total. The number of allylic oxidation sites excluding steroid dienone is 6. The summed E-state index contributed by atoms with van der Waals surface area (Å²) >= 11 is 0. The maximum atomic E-state index is 13.0. The second kappa shape index (κ2) is 28.7. The van der Waals surface area contributed by atoms with E-state index < -0.39 is 204 Å². The highest BCUT2D eigenvalue weighted by molar-refractivity contribution is 5.90. The molecule has 0 radical (unpaired) electrons. The average molecular weight is 1290 g/mol. The fourth-order valence-electron chi connectivity index (χ4n) is 16.3. The van der Waals surface area contributed by atoms with E-state index in [2.05, 4.69) is 51.3 Å². The molecule has 15 N–H and O–H groups in total. The minimum absolute atomic E-state index is 0.0734. The Labute approximate surface area is 523 Å². The summed E-state index contributed by atoms with van der Waals surface area (Å²) in [5.41, 5.74) is 4.38. The molecule has 9 aliphatic rings. The zero-order valence-electron chi connectivity index (χ0n) is 52.6. The van der Waals surface area contributed by atoms with Gasteiger partial charge in [0.2, 0.25) is 11.8 Å². The van der Waals surface area contributed by atoms with Crippen molar-refractivity contribution in [2.24, 2.45) is 34.0 Å². The molecule has 0 spiro atoms. The van der Waals surface area contributed by atoms with E-state index in [4.69, 9.17) is 47.4 Å². The summed E-state index contributed by atoms with van der Waals surface area (Å²) < 4.78 is 61.8. The standard InChI is InChI=1S/C62H98N2O26/c1-25(2)18-29(70)19-26(3)31-11-12-32-30-10-13-39-60(6,7)40(15-17-62(39,9)33(30)14-16-61(31,32)8)88-59-53(47(75)38(24-82-59)87-55-41(63-27(4)68)48(76)43(71)34(20-65)83-55)89-56-42(64-28(5)69)49(77)46(74)37(86-56)23-81-58-54(51(79)45(73)36(22-67)85-58)90-57-52(80)50(78)44(72)35(21-66)84-57/h12,18,26,31,34-59,65-67,71-80H,10-11,13-17,19-24H2,1-9H3,(H,63,68)(H,64,69)/t26-,31-,34-,35-,36-,37-,38-,39+,40+,41-,42-,43+,44-,45-,46-,47+,48-,49-,50+,51+,52-,53-,54-,55+,56+,57+,58-,59+,61-,62-/m1/s1. The summed E-state index contributed by atoms with van der Waals surface area (Å²) in [4.78, 5) is 38.4. The Bertz CT molecular complexity index is 2600. The zero-order chi connectivity index (χ0) is 65.8. The van der Waals surface area contributed by atoms with Crippen LogP contribution in [-0.2, 0) is 61.8 Å². The van der Waals surface area contributed by atoms with Gasteiger partial charge < -0.3 is 124 Å². The summed E-state index contributed by atoms with van der Waals surface area (Å²) in [6, 6.07) is -3.07. The number of hydrogen-bond donors (Lipinski definition) is 15. The third kappa shape index (κ3) is 14.0. The molecule has 5 aliphatic heterocycles. The van der Waals surface area contributed by atoms with Crippen LogP contribution < -0.4 is 10.6 Å². The van der Waals surface area contributed by atoms with Crippen LogP contribution in [0.5, 0.6) is 0 Å². The van der Waals surface area contributed by atoms with Crippen LogP contribution in [0, 0.1) is 34.0 Å². The maximum Gasteiger partial charge on any atom is 0.217 e. The van der Waals surface area contributed by atoms with Gasteiger partial charge in [-0.05, 0) is 110 Å². The van der Waals surface area contributed by atoms with E-state index in [1.807, 2.05) is 13.8 Å². The molecule has 30 atom stereocenters. The van der Waals surface area contributed by atoms with Crippen LogP contribution >= 0.6 is 0 Å². The van der Waals surface area contributed by atoms with Gasteiger partial charge in [-0.2, -0.15) is 0 Å². The molecule has 0 bridgehead atoms. The highest BCUT2D eigenvalue weighted by Gasteiger charge is 2.61. The summed E-state index contributed by atoms with van der Waals surface area (Å²) in [6.07, 6.45) is -28.6. The minimum Gasteiger partial charge on any atom is -0.394 e. The first kappa shape index (κ1) is 71.2. The lowest BCUT2D eigenvalue weighted by molar-refractivity contribution is -0.379. The van der Waals surface area contributed by atoms with Gasteiger partial charge in [0.1, 0.15) is 116 Å². The van der Waals surface area contributed by atoms with E-state index in [0.717, 1.165) is 57.9 Å². The Morgan fingerprint density at radius 1 is 0.600 bits per heavy atom. The number of rotatable bonds is 20. The Morgan fingerprint density at radius 2 is 1.13 bits per heavy atom. The van der Waals surface area contributed by atoms with E-state index in [-0.39, 0.29) is 28.4 Å². The van der Waals surface area contributed by atoms with Gasteiger partial charge in [-0.15, -0.1) is 0 Å². The van der Waals surface area contributed by atoms with Crippen molar-refractivity contribution >= 4 is 17.6 Å². The van der Waals surface area contributed by atoms with Crippen LogP contribution in [-0.4, -0.2) is 270 Å². The van der Waals surface area contributed by atoms with Gasteiger partial charge in [0, 0.05) is 20.3 Å². The van der Waals surface area contributed by atoms with Gasteiger partial charge in [-0.25, -0.2) is 0 Å². The first-order valence-corrected chi connectivity index (χ1v) is 31.7. The van der Waals surface area contributed by atoms with Gasteiger partial charge in [-0.3, -0.25) is 14.4 Å². The van der Waals surface area contributed by atoms with Crippen LogP contribution in [0.3, 0.4) is 0 Å². The quantitative estimate of drug-likeness (QED) is 0.0549. The lowest BCUT2D eigenvalue weighted by atomic mass is 9.46. The van der Waals surface area contributed by atoms with Gasteiger partial charge in [0.05, 0.1) is 39.1 Å². The van der Waals surface area contributed by atoms with Gasteiger partial charge in [0.25, 0.3) is 0 Å². The van der Waals surface area contributed by atoms with Crippen molar-refractivity contribution in [3.05, 3.63) is 34.4 Å². The molecule has 0 unspecified atom stereocenters. The number of nitrogens with one attached hydrogen (secondary N) is 2. The molecule has 28 heteroatoms. The number of fused-ring (bicyclic) bond motifs is 4. The summed E-state index contributed by atoms with van der Waals surface area (Å²) in [5, 5.41) is 147. The molecule has 90 heavy (non-hydrogen) atoms. The highest BCUT2D eigenvalue weighted by Crippen LogP contribution is 2.67. The van der Waals surface area contributed by atoms with E-state index in [0.29, 0.717) is 18.8 Å². The maximum absolute atomic E-state index is 13.0. The third-order valence-electron chi connectivity index (χ3n) is 21.1. The van der Waals surface area contributed by atoms with E-state index in [1.54, 1.807) is 6.08 Å². The van der Waals surface area contributed by atoms with Crippen LogP contribution in [0.2, 0.25) is 0 Å². The number of carbonyl (C=O) groups is 3. The SMILES string of the molecule is CC(=O)N[C@H]1[C@H](O[C@@H]2CO[C@@H](O[C@H]3CC[C@]4(C)C5=C(CC[C@H]4C3(C)C)C3=CC[C@H]([C@H](C)CC(=O)C=C(C)C)[C@@]3(C)CC5)[C@H](O[C@@H]3O[C@H](CO[C@@H]4O[C@H](CO)[C@@H](O)[C@H](O)[C@H]4O[C@@H]4O[C@H](CO)[C@@H](O)[C@H](O)[C@H]4O)[C@@H](O)[C@H](O)[C@H]3NC(C)=O)[C@H]2O)O[C@H](CO)[C@H](O)[C@@H]1O. The lowest BCUT2D eigenvalue weighted by Gasteiger charge is -2.60. The van der Waals surface area contributed by atoms with Gasteiger partial charge in [-0.1, -0.05) is 51.8 Å². The summed E-state index contributed by atoms with van der Waals surface area (Å²) in [5.74, 6) is -0.617. The normalized spacial score (nSPS) is 46.4.